The van der Waals surface area contributed by atoms with Gasteiger partial charge in [-0.15, -0.1) is 0 Å². The highest BCUT2D eigenvalue weighted by molar-refractivity contribution is 7.92. The fourth-order valence-electron chi connectivity index (χ4n) is 3.89. The molecule has 0 saturated carbocycles. The summed E-state index contributed by atoms with van der Waals surface area (Å²) in [4.78, 5) is 38.3. The van der Waals surface area contributed by atoms with Crippen molar-refractivity contribution in [1.29, 1.82) is 0 Å². The summed E-state index contributed by atoms with van der Waals surface area (Å²) in [5, 5.41) is 14.1. The fraction of sp³-hybridized carbons (Fsp3) is 0.231. The first-order valence-corrected chi connectivity index (χ1v) is 13.5. The molecular weight excluding hydrogens is 532 g/mol. The number of hydrogen-bond donors (Lipinski definition) is 1. The Hall–Kier alpha value is -3.96. The van der Waals surface area contributed by atoms with Crippen LogP contribution in [0.25, 0.3) is 0 Å². The number of nitrogens with one attached hydrogen (secondary N) is 1. The van der Waals surface area contributed by atoms with Gasteiger partial charge in [0.15, 0.2) is 0 Å². The third-order valence-corrected chi connectivity index (χ3v) is 8.05. The van der Waals surface area contributed by atoms with Crippen LogP contribution in [0.4, 0.5) is 11.4 Å². The van der Waals surface area contributed by atoms with Crippen molar-refractivity contribution in [3.8, 4) is 0 Å². The van der Waals surface area contributed by atoms with Crippen LogP contribution in [0.15, 0.2) is 83.8 Å². The molecule has 0 aliphatic rings. The van der Waals surface area contributed by atoms with E-state index >= 15 is 0 Å². The zero-order chi connectivity index (χ0) is 27.9. The van der Waals surface area contributed by atoms with Crippen molar-refractivity contribution in [2.75, 3.05) is 17.9 Å². The number of amides is 2. The second-order valence-corrected chi connectivity index (χ2v) is 10.5. The Morgan fingerprint density at radius 1 is 1.00 bits per heavy atom. The second-order valence-electron chi connectivity index (χ2n) is 8.25. The summed E-state index contributed by atoms with van der Waals surface area (Å²) >= 11 is 6.33. The zero-order valence-corrected chi connectivity index (χ0v) is 22.4. The van der Waals surface area contributed by atoms with Gasteiger partial charge in [-0.25, -0.2) is 8.42 Å². The van der Waals surface area contributed by atoms with Crippen LogP contribution in [0.2, 0.25) is 5.02 Å². The fourth-order valence-corrected chi connectivity index (χ4v) is 5.52. The van der Waals surface area contributed by atoms with Crippen molar-refractivity contribution in [2.45, 2.75) is 30.8 Å². The van der Waals surface area contributed by atoms with Gasteiger partial charge in [-0.05, 0) is 42.3 Å². The first-order chi connectivity index (χ1) is 18.1. The number of benzene rings is 3. The quantitative estimate of drug-likeness (QED) is 0.280. The lowest BCUT2D eigenvalue weighted by molar-refractivity contribution is -0.384. The predicted octanol–water partition coefficient (Wildman–Crippen LogP) is 4.00. The Kier molecular flexibility index (Phi) is 9.43. The van der Waals surface area contributed by atoms with Gasteiger partial charge in [0.05, 0.1) is 15.5 Å². The summed E-state index contributed by atoms with van der Waals surface area (Å²) in [5.74, 6) is -1.07. The van der Waals surface area contributed by atoms with Crippen LogP contribution in [0.5, 0.6) is 0 Å². The molecule has 10 nitrogen and oxygen atoms in total. The number of anilines is 1. The van der Waals surface area contributed by atoms with E-state index in [1.807, 2.05) is 0 Å². The first-order valence-electron chi connectivity index (χ1n) is 11.7. The Labute approximate surface area is 226 Å². The predicted molar refractivity (Wildman–Crippen MR) is 144 cm³/mol. The molecule has 0 aliphatic heterocycles. The Bertz CT molecular complexity index is 1400. The number of hydrogen-bond acceptors (Lipinski definition) is 6. The average Bonchev–Trinajstić information content (AvgIpc) is 2.92. The molecule has 0 unspecified atom stereocenters. The standard InChI is InChI=1S/C26H27ClN4O6S/c1-3-24(26(33)28-2)29(17-19-9-7-8-12-23(19)27)25(32)18-30(20-13-15-21(16-14-20)31(34)35)38(36,37)22-10-5-4-6-11-22/h4-16,24H,3,17-18H2,1-2H3,(H,28,33)/t24-/m1/s1. The molecule has 1 N–H and O–H groups in total. The van der Waals surface area contributed by atoms with E-state index in [-0.39, 0.29) is 29.2 Å². The number of halogens is 1. The Balaban J connectivity index is 2.08. The molecule has 0 aliphatic carbocycles. The molecule has 0 bridgehead atoms. The summed E-state index contributed by atoms with van der Waals surface area (Å²) < 4.78 is 28.2. The molecule has 3 rings (SSSR count). The molecule has 0 saturated heterocycles. The molecule has 1 atom stereocenters. The van der Waals surface area contributed by atoms with Crippen molar-refractivity contribution in [1.82, 2.24) is 10.2 Å². The summed E-state index contributed by atoms with van der Waals surface area (Å²) in [6, 6.07) is 18.3. The maximum absolute atomic E-state index is 13.8. The SMILES string of the molecule is CC[C@H](C(=O)NC)N(Cc1ccccc1Cl)C(=O)CN(c1ccc([N+](=O)[O-])cc1)S(=O)(=O)c1ccccc1. The van der Waals surface area contributed by atoms with Crippen LogP contribution < -0.4 is 9.62 Å². The number of likely N-dealkylation sites (N-methyl/N-ethyl adjacent to an activating group) is 1. The van der Waals surface area contributed by atoms with Gasteiger partial charge in [0.25, 0.3) is 15.7 Å². The normalized spacial score (nSPS) is 11.9. The van der Waals surface area contributed by atoms with Gasteiger partial charge in [-0.1, -0.05) is 54.9 Å². The number of carbonyl (C=O) groups is 2. The highest BCUT2D eigenvalue weighted by Crippen LogP contribution is 2.27. The zero-order valence-electron chi connectivity index (χ0n) is 20.8. The van der Waals surface area contributed by atoms with Crippen LogP contribution in [0, 0.1) is 10.1 Å². The molecule has 200 valence electrons. The summed E-state index contributed by atoms with van der Waals surface area (Å²) in [7, 11) is -2.82. The number of nitrogens with zero attached hydrogens (tertiary/aromatic N) is 3. The lowest BCUT2D eigenvalue weighted by atomic mass is 10.1. The number of non-ortho nitro benzene ring substituents is 1. The van der Waals surface area contributed by atoms with Crippen LogP contribution >= 0.6 is 11.6 Å². The van der Waals surface area contributed by atoms with E-state index in [1.54, 1.807) is 49.4 Å². The van der Waals surface area contributed by atoms with Crippen LogP contribution in [-0.4, -0.2) is 49.7 Å². The molecule has 0 aromatic heterocycles. The highest BCUT2D eigenvalue weighted by Gasteiger charge is 2.33. The maximum Gasteiger partial charge on any atom is 0.269 e. The molecule has 0 spiro atoms. The van der Waals surface area contributed by atoms with Crippen molar-refractivity contribution < 1.29 is 22.9 Å². The van der Waals surface area contributed by atoms with Gasteiger partial charge in [-0.3, -0.25) is 24.0 Å². The molecule has 0 radical (unpaired) electrons. The number of carbonyl (C=O) groups excluding carboxylic acids is 2. The monoisotopic (exact) mass is 558 g/mol. The van der Waals surface area contributed by atoms with E-state index in [9.17, 15) is 28.1 Å². The van der Waals surface area contributed by atoms with Crippen LogP contribution in [-0.2, 0) is 26.2 Å². The summed E-state index contributed by atoms with van der Waals surface area (Å²) in [6.45, 7) is 1.04. The minimum Gasteiger partial charge on any atom is -0.357 e. The molecule has 38 heavy (non-hydrogen) atoms. The number of nitro groups is 1. The molecule has 0 heterocycles. The van der Waals surface area contributed by atoms with E-state index in [4.69, 9.17) is 11.6 Å². The molecule has 3 aromatic carbocycles. The Morgan fingerprint density at radius 3 is 2.16 bits per heavy atom. The van der Waals surface area contributed by atoms with Crippen LogP contribution in [0.1, 0.15) is 18.9 Å². The van der Waals surface area contributed by atoms with Crippen LogP contribution in [0.3, 0.4) is 0 Å². The third kappa shape index (κ3) is 6.48. The van der Waals surface area contributed by atoms with Crippen molar-refractivity contribution in [3.63, 3.8) is 0 Å². The van der Waals surface area contributed by atoms with Gasteiger partial charge in [-0.2, -0.15) is 0 Å². The minimum absolute atomic E-state index is 0.0378. The van der Waals surface area contributed by atoms with E-state index < -0.39 is 39.3 Å². The topological polar surface area (TPSA) is 130 Å². The number of nitro benzene ring substituents is 1. The number of sulfonamides is 1. The highest BCUT2D eigenvalue weighted by atomic mass is 35.5. The average molecular weight is 559 g/mol. The van der Waals surface area contributed by atoms with E-state index in [1.165, 1.54) is 36.2 Å². The molecule has 0 fully saturated rings. The molecular formula is C26H27ClN4O6S. The van der Waals surface area contributed by atoms with Gasteiger partial charge in [0, 0.05) is 30.7 Å². The first kappa shape index (κ1) is 28.6. The maximum atomic E-state index is 13.8. The largest absolute Gasteiger partial charge is 0.357 e. The lowest BCUT2D eigenvalue weighted by Crippen LogP contribution is -2.51. The van der Waals surface area contributed by atoms with E-state index in [0.717, 1.165) is 16.4 Å². The minimum atomic E-state index is -4.27. The number of rotatable bonds is 11. The molecule has 3 aromatic rings. The second kappa shape index (κ2) is 12.5. The van der Waals surface area contributed by atoms with Crippen molar-refractivity contribution in [2.24, 2.45) is 0 Å². The van der Waals surface area contributed by atoms with Crippen molar-refractivity contribution in [3.05, 3.63) is 99.6 Å². The molecule has 12 heteroatoms. The Morgan fingerprint density at radius 2 is 1.61 bits per heavy atom. The van der Waals surface area contributed by atoms with E-state index in [2.05, 4.69) is 5.32 Å². The summed E-state index contributed by atoms with van der Waals surface area (Å²) in [6.07, 6.45) is 0.263. The van der Waals surface area contributed by atoms with Crippen molar-refractivity contribution >= 4 is 44.8 Å². The van der Waals surface area contributed by atoms with Gasteiger partial charge >= 0.3 is 0 Å². The molecule has 2 amide bonds. The lowest BCUT2D eigenvalue weighted by Gasteiger charge is -2.33. The van der Waals surface area contributed by atoms with Gasteiger partial charge in [0.1, 0.15) is 12.6 Å². The third-order valence-electron chi connectivity index (χ3n) is 5.89. The van der Waals surface area contributed by atoms with Gasteiger partial charge in [0.2, 0.25) is 11.8 Å². The summed E-state index contributed by atoms with van der Waals surface area (Å²) in [5.41, 5.74) is 0.402. The van der Waals surface area contributed by atoms with Gasteiger partial charge < -0.3 is 10.2 Å². The van der Waals surface area contributed by atoms with E-state index in [0.29, 0.717) is 10.6 Å². The smallest absolute Gasteiger partial charge is 0.269 e.